The Morgan fingerprint density at radius 3 is 2.64 bits per heavy atom. The van der Waals surface area contributed by atoms with Crippen molar-refractivity contribution in [1.82, 2.24) is 19.7 Å². The fourth-order valence-corrected chi connectivity index (χ4v) is 5.02. The lowest BCUT2D eigenvalue weighted by Gasteiger charge is -2.33. The first kappa shape index (κ1) is 23.4. The minimum absolute atomic E-state index is 0.0506. The van der Waals surface area contributed by atoms with Crippen LogP contribution in [0.4, 0.5) is 5.13 Å². The average molecular weight is 488 g/mol. The zero-order valence-electron chi connectivity index (χ0n) is 18.8. The number of aromatic nitrogens is 4. The molecule has 3 aromatic heterocycles. The Hall–Kier alpha value is -2.78. The summed E-state index contributed by atoms with van der Waals surface area (Å²) in [6.45, 7) is 5.35. The SMILES string of the molecule is Cc1cc(C)n(-c2ccc(Cl)c(C(=O)OC(C)C(=O)N(c3nccs3)C3CCCCC3)n2)n1. The van der Waals surface area contributed by atoms with Crippen LogP contribution in [0.25, 0.3) is 5.82 Å². The van der Waals surface area contributed by atoms with Crippen LogP contribution in [0.1, 0.15) is 60.9 Å². The summed E-state index contributed by atoms with van der Waals surface area (Å²) in [6, 6.07) is 5.22. The molecule has 33 heavy (non-hydrogen) atoms. The zero-order valence-corrected chi connectivity index (χ0v) is 20.4. The molecule has 0 aromatic carbocycles. The largest absolute Gasteiger partial charge is 0.448 e. The van der Waals surface area contributed by atoms with Gasteiger partial charge in [0.15, 0.2) is 22.7 Å². The van der Waals surface area contributed by atoms with E-state index in [1.807, 2.05) is 25.3 Å². The van der Waals surface area contributed by atoms with Crippen molar-refractivity contribution in [2.24, 2.45) is 0 Å². The second-order valence-corrected chi connectivity index (χ2v) is 9.48. The third kappa shape index (κ3) is 5.09. The maximum absolute atomic E-state index is 13.4. The Bertz CT molecular complexity index is 1140. The number of rotatable bonds is 6. The lowest BCUT2D eigenvalue weighted by atomic mass is 9.94. The van der Waals surface area contributed by atoms with Crippen molar-refractivity contribution in [3.05, 3.63) is 51.9 Å². The van der Waals surface area contributed by atoms with Crippen LogP contribution in [-0.4, -0.2) is 43.8 Å². The van der Waals surface area contributed by atoms with E-state index in [4.69, 9.17) is 16.3 Å². The molecule has 4 rings (SSSR count). The van der Waals surface area contributed by atoms with Crippen molar-refractivity contribution in [2.75, 3.05) is 4.90 Å². The number of thiazole rings is 1. The summed E-state index contributed by atoms with van der Waals surface area (Å²) in [5, 5.41) is 7.00. The number of pyridine rings is 1. The van der Waals surface area contributed by atoms with Gasteiger partial charge in [-0.3, -0.25) is 9.69 Å². The number of aryl methyl sites for hydroxylation is 2. The molecular formula is C23H26ClN5O3S. The highest BCUT2D eigenvalue weighted by Gasteiger charge is 2.33. The van der Waals surface area contributed by atoms with Crippen molar-refractivity contribution in [1.29, 1.82) is 0 Å². The first-order chi connectivity index (χ1) is 15.8. The Morgan fingerprint density at radius 1 is 1.24 bits per heavy atom. The van der Waals surface area contributed by atoms with E-state index in [1.54, 1.807) is 34.8 Å². The van der Waals surface area contributed by atoms with Crippen LogP contribution in [-0.2, 0) is 9.53 Å². The second-order valence-electron chi connectivity index (χ2n) is 8.20. The van der Waals surface area contributed by atoms with E-state index >= 15 is 0 Å². The van der Waals surface area contributed by atoms with Crippen LogP contribution in [0, 0.1) is 13.8 Å². The molecule has 1 aliphatic carbocycles. The van der Waals surface area contributed by atoms with Crippen molar-refractivity contribution >= 4 is 39.9 Å². The number of nitrogens with zero attached hydrogens (tertiary/aromatic N) is 5. The first-order valence-electron chi connectivity index (χ1n) is 11.0. The van der Waals surface area contributed by atoms with Crippen LogP contribution in [0.3, 0.4) is 0 Å². The Balaban J connectivity index is 1.54. The molecule has 8 nitrogen and oxygen atoms in total. The summed E-state index contributed by atoms with van der Waals surface area (Å²) in [6.07, 6.45) is 5.76. The molecule has 3 heterocycles. The lowest BCUT2D eigenvalue weighted by molar-refractivity contribution is -0.127. The number of anilines is 1. The van der Waals surface area contributed by atoms with Gasteiger partial charge in [0.25, 0.3) is 5.91 Å². The molecule has 10 heteroatoms. The highest BCUT2D eigenvalue weighted by atomic mass is 35.5. The highest BCUT2D eigenvalue weighted by Crippen LogP contribution is 2.30. The summed E-state index contributed by atoms with van der Waals surface area (Å²) in [7, 11) is 0. The van der Waals surface area contributed by atoms with Gasteiger partial charge in [-0.05, 0) is 51.8 Å². The molecule has 0 bridgehead atoms. The van der Waals surface area contributed by atoms with Crippen LogP contribution in [0.5, 0.6) is 0 Å². The minimum Gasteiger partial charge on any atom is -0.448 e. The number of hydrogen-bond acceptors (Lipinski definition) is 7. The molecule has 1 amide bonds. The number of ether oxygens (including phenoxy) is 1. The van der Waals surface area contributed by atoms with Gasteiger partial charge in [-0.2, -0.15) is 5.10 Å². The van der Waals surface area contributed by atoms with Gasteiger partial charge in [-0.25, -0.2) is 19.4 Å². The van der Waals surface area contributed by atoms with E-state index in [0.29, 0.717) is 10.9 Å². The van der Waals surface area contributed by atoms with E-state index in [9.17, 15) is 9.59 Å². The summed E-state index contributed by atoms with van der Waals surface area (Å²) >= 11 is 7.66. The second kappa shape index (κ2) is 10.0. The third-order valence-electron chi connectivity index (χ3n) is 5.69. The van der Waals surface area contributed by atoms with Gasteiger partial charge in [0.2, 0.25) is 0 Å². The molecule has 0 radical (unpaired) electrons. The van der Waals surface area contributed by atoms with Crippen LogP contribution >= 0.6 is 22.9 Å². The summed E-state index contributed by atoms with van der Waals surface area (Å²) < 4.78 is 7.17. The van der Waals surface area contributed by atoms with Gasteiger partial charge in [0.05, 0.1) is 10.7 Å². The monoisotopic (exact) mass is 487 g/mol. The molecule has 0 spiro atoms. The normalized spacial score (nSPS) is 15.3. The topological polar surface area (TPSA) is 90.2 Å². The van der Waals surface area contributed by atoms with E-state index in [-0.39, 0.29) is 22.7 Å². The molecule has 3 aromatic rings. The summed E-state index contributed by atoms with van der Waals surface area (Å²) in [5.74, 6) is -0.606. The van der Waals surface area contributed by atoms with Gasteiger partial charge in [-0.1, -0.05) is 30.9 Å². The maximum atomic E-state index is 13.4. The summed E-state index contributed by atoms with van der Waals surface area (Å²) in [4.78, 5) is 36.7. The molecule has 174 valence electrons. The Kier molecular flexibility index (Phi) is 7.09. The van der Waals surface area contributed by atoms with Gasteiger partial charge in [-0.15, -0.1) is 11.3 Å². The van der Waals surface area contributed by atoms with Crippen molar-refractivity contribution in [3.63, 3.8) is 0 Å². The van der Waals surface area contributed by atoms with Gasteiger partial charge in [0, 0.05) is 23.3 Å². The number of halogens is 1. The predicted molar refractivity (Wildman–Crippen MR) is 127 cm³/mol. The molecule has 1 atom stereocenters. The van der Waals surface area contributed by atoms with Crippen LogP contribution in [0.15, 0.2) is 29.8 Å². The number of hydrogen-bond donors (Lipinski definition) is 0. The van der Waals surface area contributed by atoms with Crippen molar-refractivity contribution in [2.45, 2.75) is 65.0 Å². The van der Waals surface area contributed by atoms with Crippen molar-refractivity contribution < 1.29 is 14.3 Å². The molecule has 0 aliphatic heterocycles. The molecule has 1 fully saturated rings. The van der Waals surface area contributed by atoms with Gasteiger partial charge < -0.3 is 4.74 Å². The number of carbonyl (C=O) groups is 2. The third-order valence-corrected chi connectivity index (χ3v) is 6.76. The standard InChI is InChI=1S/C23H26ClN5O3S/c1-14-13-15(2)29(27-14)19-10-9-18(24)20(26-19)22(31)32-16(3)21(30)28(23-25-11-12-33-23)17-7-5-4-6-8-17/h9-13,16-17H,4-8H2,1-3H3. The molecule has 1 aliphatic rings. The molecule has 0 saturated heterocycles. The predicted octanol–water partition coefficient (Wildman–Crippen LogP) is 4.91. The Labute approximate surface area is 201 Å². The van der Waals surface area contributed by atoms with E-state index in [1.165, 1.54) is 11.3 Å². The number of carbonyl (C=O) groups excluding carboxylic acids is 2. The molecule has 1 unspecified atom stereocenters. The van der Waals surface area contributed by atoms with Gasteiger partial charge >= 0.3 is 5.97 Å². The van der Waals surface area contributed by atoms with Crippen LogP contribution in [0.2, 0.25) is 5.02 Å². The van der Waals surface area contributed by atoms with Crippen LogP contribution < -0.4 is 4.90 Å². The van der Waals surface area contributed by atoms with Crippen molar-refractivity contribution in [3.8, 4) is 5.82 Å². The smallest absolute Gasteiger partial charge is 0.359 e. The average Bonchev–Trinajstić information content (AvgIpc) is 3.44. The van der Waals surface area contributed by atoms with E-state index in [0.717, 1.165) is 43.5 Å². The molecular weight excluding hydrogens is 462 g/mol. The summed E-state index contributed by atoms with van der Waals surface area (Å²) in [5.41, 5.74) is 1.65. The maximum Gasteiger partial charge on any atom is 0.359 e. The van der Waals surface area contributed by atoms with E-state index < -0.39 is 12.1 Å². The fourth-order valence-electron chi connectivity index (χ4n) is 4.12. The lowest BCUT2D eigenvalue weighted by Crippen LogP contribution is -2.47. The zero-order chi connectivity index (χ0) is 23.5. The number of esters is 1. The first-order valence-corrected chi connectivity index (χ1v) is 12.2. The van der Waals surface area contributed by atoms with E-state index in [2.05, 4.69) is 15.1 Å². The number of amides is 1. The highest BCUT2D eigenvalue weighted by molar-refractivity contribution is 7.13. The van der Waals surface area contributed by atoms with Gasteiger partial charge in [0.1, 0.15) is 0 Å². The molecule has 1 saturated carbocycles. The Morgan fingerprint density at radius 2 is 2.00 bits per heavy atom. The quantitative estimate of drug-likeness (QED) is 0.459. The minimum atomic E-state index is -1.02. The fraction of sp³-hybridized carbons (Fsp3) is 0.435. The molecule has 0 N–H and O–H groups in total.